The van der Waals surface area contributed by atoms with Crippen molar-refractivity contribution in [3.63, 3.8) is 0 Å². The van der Waals surface area contributed by atoms with Crippen LogP contribution in [0.15, 0.2) is 36.5 Å². The van der Waals surface area contributed by atoms with Gasteiger partial charge >= 0.3 is 6.09 Å². The maximum Gasteiger partial charge on any atom is 0.408 e. The molecule has 0 radical (unpaired) electrons. The number of alkyl carbamates (subject to hydrolysis) is 1. The van der Waals surface area contributed by atoms with Crippen LogP contribution in [-0.2, 0) is 43.5 Å². The molecule has 3 atom stereocenters. The summed E-state index contributed by atoms with van der Waals surface area (Å²) in [6, 6.07) is 5.87. The monoisotopic (exact) mass is 555 g/mol. The highest BCUT2D eigenvalue weighted by atomic mass is 16.5. The SMILES string of the molecule is CC(C)CC(NC(=O)C(NC(=O)OCc1ccccc1)C(C)C)C(=O)NC1Cn2cc(nn2)CCNC(=O)C1=O. The summed E-state index contributed by atoms with van der Waals surface area (Å²) in [5.41, 5.74) is 1.43. The first-order chi connectivity index (χ1) is 19.0. The summed E-state index contributed by atoms with van der Waals surface area (Å²) >= 11 is 0. The Kier molecular flexibility index (Phi) is 10.7. The number of carbonyl (C=O) groups is 5. The zero-order valence-corrected chi connectivity index (χ0v) is 23.2. The highest BCUT2D eigenvalue weighted by Gasteiger charge is 2.33. The highest BCUT2D eigenvalue weighted by molar-refractivity contribution is 6.38. The zero-order valence-electron chi connectivity index (χ0n) is 23.2. The second-order valence-electron chi connectivity index (χ2n) is 10.5. The van der Waals surface area contributed by atoms with Crippen molar-refractivity contribution in [2.45, 2.75) is 71.8 Å². The smallest absolute Gasteiger partial charge is 0.408 e. The first kappa shape index (κ1) is 30.3. The van der Waals surface area contributed by atoms with Gasteiger partial charge < -0.3 is 26.0 Å². The van der Waals surface area contributed by atoms with E-state index in [-0.39, 0.29) is 38.0 Å². The van der Waals surface area contributed by atoms with Crippen molar-refractivity contribution in [2.75, 3.05) is 6.54 Å². The largest absolute Gasteiger partial charge is 0.445 e. The van der Waals surface area contributed by atoms with Gasteiger partial charge in [0.05, 0.1) is 12.2 Å². The van der Waals surface area contributed by atoms with E-state index in [1.54, 1.807) is 20.0 Å². The minimum atomic E-state index is -1.22. The van der Waals surface area contributed by atoms with Gasteiger partial charge in [0, 0.05) is 19.2 Å². The number of amides is 4. The molecule has 0 spiro atoms. The molecule has 3 rings (SSSR count). The predicted octanol–water partition coefficient (Wildman–Crippen LogP) is 0.486. The van der Waals surface area contributed by atoms with E-state index in [9.17, 15) is 24.0 Å². The van der Waals surface area contributed by atoms with Crippen molar-refractivity contribution in [1.82, 2.24) is 36.3 Å². The number of Topliss-reactive ketones (excluding diaryl/α,β-unsaturated/α-hetero) is 1. The van der Waals surface area contributed by atoms with Crippen LogP contribution in [0.25, 0.3) is 0 Å². The summed E-state index contributed by atoms with van der Waals surface area (Å²) in [6.45, 7) is 7.40. The first-order valence-corrected chi connectivity index (χ1v) is 13.3. The number of nitrogens with zero attached hydrogens (tertiary/aromatic N) is 3. The van der Waals surface area contributed by atoms with Crippen molar-refractivity contribution in [1.29, 1.82) is 0 Å². The topological polar surface area (TPSA) is 173 Å². The summed E-state index contributed by atoms with van der Waals surface area (Å²) in [7, 11) is 0. The number of hydrogen-bond donors (Lipinski definition) is 4. The molecule has 13 heteroatoms. The molecule has 1 aromatic heterocycles. The number of ether oxygens (including phenoxy) is 1. The average molecular weight is 556 g/mol. The van der Waals surface area contributed by atoms with Gasteiger partial charge in [-0.15, -0.1) is 5.10 Å². The second-order valence-corrected chi connectivity index (χ2v) is 10.5. The van der Waals surface area contributed by atoms with Crippen molar-refractivity contribution < 1.29 is 28.7 Å². The Bertz CT molecular complexity index is 1200. The molecule has 4 N–H and O–H groups in total. The van der Waals surface area contributed by atoms with E-state index in [2.05, 4.69) is 31.6 Å². The van der Waals surface area contributed by atoms with Gasteiger partial charge in [-0.05, 0) is 23.8 Å². The first-order valence-electron chi connectivity index (χ1n) is 13.3. The van der Waals surface area contributed by atoms with Crippen LogP contribution in [0, 0.1) is 11.8 Å². The minimum Gasteiger partial charge on any atom is -0.445 e. The average Bonchev–Trinajstić information content (AvgIpc) is 3.35. The normalized spacial score (nSPS) is 17.0. The molecule has 0 aliphatic carbocycles. The summed E-state index contributed by atoms with van der Waals surface area (Å²) in [6.07, 6.45) is 1.55. The Labute approximate surface area is 232 Å². The van der Waals surface area contributed by atoms with E-state index in [1.165, 1.54) is 4.68 Å². The molecular weight excluding hydrogens is 518 g/mol. The van der Waals surface area contributed by atoms with E-state index < -0.39 is 47.7 Å². The molecule has 4 amide bonds. The number of benzene rings is 1. The van der Waals surface area contributed by atoms with Gasteiger partial charge in [0.25, 0.3) is 5.91 Å². The van der Waals surface area contributed by atoms with E-state index in [4.69, 9.17) is 4.74 Å². The van der Waals surface area contributed by atoms with E-state index >= 15 is 0 Å². The molecule has 40 heavy (non-hydrogen) atoms. The number of carbonyl (C=O) groups excluding carboxylic acids is 5. The molecule has 2 bridgehead atoms. The van der Waals surface area contributed by atoms with Crippen molar-refractivity contribution >= 4 is 29.6 Å². The lowest BCUT2D eigenvalue weighted by Crippen LogP contribution is -2.58. The van der Waals surface area contributed by atoms with Crippen LogP contribution in [0.4, 0.5) is 4.79 Å². The van der Waals surface area contributed by atoms with Crippen LogP contribution in [0.2, 0.25) is 0 Å². The minimum absolute atomic E-state index is 0.00160. The van der Waals surface area contributed by atoms with Crippen molar-refractivity contribution in [2.24, 2.45) is 11.8 Å². The van der Waals surface area contributed by atoms with Crippen LogP contribution in [-0.4, -0.2) is 69.3 Å². The molecule has 1 aliphatic heterocycles. The number of rotatable bonds is 10. The van der Waals surface area contributed by atoms with E-state index in [0.717, 1.165) is 5.56 Å². The van der Waals surface area contributed by atoms with Gasteiger partial charge in [0.2, 0.25) is 17.6 Å². The van der Waals surface area contributed by atoms with E-state index in [1.807, 2.05) is 44.2 Å². The fraction of sp³-hybridized carbons (Fsp3) is 0.519. The van der Waals surface area contributed by atoms with Gasteiger partial charge in [-0.2, -0.15) is 0 Å². The number of nitrogens with one attached hydrogen (secondary N) is 4. The number of ketones is 1. The van der Waals surface area contributed by atoms with Crippen molar-refractivity contribution in [3.05, 3.63) is 47.8 Å². The Hall–Kier alpha value is -4.29. The molecule has 1 aliphatic rings. The molecule has 13 nitrogen and oxygen atoms in total. The third-order valence-electron chi connectivity index (χ3n) is 6.25. The summed E-state index contributed by atoms with van der Waals surface area (Å²) in [5.74, 6) is -3.20. The van der Waals surface area contributed by atoms with Gasteiger partial charge in [-0.3, -0.25) is 19.2 Å². The molecular formula is C27H37N7O6. The van der Waals surface area contributed by atoms with Crippen LogP contribution < -0.4 is 21.3 Å². The third-order valence-corrected chi connectivity index (χ3v) is 6.25. The Morgan fingerprint density at radius 1 is 1.07 bits per heavy atom. The Morgan fingerprint density at radius 3 is 2.48 bits per heavy atom. The number of fused-ring (bicyclic) bond motifs is 2. The Balaban J connectivity index is 1.68. The van der Waals surface area contributed by atoms with Crippen molar-refractivity contribution in [3.8, 4) is 0 Å². The predicted molar refractivity (Wildman–Crippen MR) is 143 cm³/mol. The fourth-order valence-corrected chi connectivity index (χ4v) is 4.14. The summed E-state index contributed by atoms with van der Waals surface area (Å²) in [4.78, 5) is 64.2. The Morgan fingerprint density at radius 2 is 1.80 bits per heavy atom. The van der Waals surface area contributed by atoms with Crippen LogP contribution in [0.3, 0.4) is 0 Å². The molecule has 0 saturated heterocycles. The summed E-state index contributed by atoms with van der Waals surface area (Å²) in [5, 5.41) is 18.4. The third kappa shape index (κ3) is 8.89. The van der Waals surface area contributed by atoms with Gasteiger partial charge in [-0.25, -0.2) is 9.48 Å². The van der Waals surface area contributed by atoms with Gasteiger partial charge in [0.15, 0.2) is 0 Å². The molecule has 2 heterocycles. The lowest BCUT2D eigenvalue weighted by atomic mass is 9.99. The highest BCUT2D eigenvalue weighted by Crippen LogP contribution is 2.10. The molecule has 0 saturated carbocycles. The van der Waals surface area contributed by atoms with Crippen LogP contribution in [0.1, 0.15) is 45.4 Å². The molecule has 3 unspecified atom stereocenters. The molecule has 1 aromatic carbocycles. The second kappa shape index (κ2) is 14.2. The summed E-state index contributed by atoms with van der Waals surface area (Å²) < 4.78 is 6.65. The van der Waals surface area contributed by atoms with Crippen LogP contribution >= 0.6 is 0 Å². The number of hydrogen-bond acceptors (Lipinski definition) is 8. The van der Waals surface area contributed by atoms with E-state index in [0.29, 0.717) is 12.1 Å². The zero-order chi connectivity index (χ0) is 29.2. The quantitative estimate of drug-likeness (QED) is 0.307. The maximum absolute atomic E-state index is 13.4. The van der Waals surface area contributed by atoms with Gasteiger partial charge in [0.1, 0.15) is 24.7 Å². The van der Waals surface area contributed by atoms with Gasteiger partial charge in [-0.1, -0.05) is 63.2 Å². The molecule has 216 valence electrons. The lowest BCUT2D eigenvalue weighted by Gasteiger charge is -2.27. The number of aromatic nitrogens is 3. The van der Waals surface area contributed by atoms with Crippen LogP contribution in [0.5, 0.6) is 0 Å². The molecule has 0 fully saturated rings. The lowest BCUT2D eigenvalue weighted by molar-refractivity contribution is -0.140. The molecule has 2 aromatic rings. The standard InChI is InChI=1S/C27H37N7O6/c1-16(2)12-20(24(36)30-21-14-34-13-19(32-33-34)10-11-28-26(38)23(21)35)29-25(37)22(17(3)4)31-27(39)40-15-18-8-6-5-7-9-18/h5-9,13,16-17,20-22H,10-12,14-15H2,1-4H3,(H,28,38)(H,29,37)(H,30,36)(H,31,39). The maximum atomic E-state index is 13.4. The fourth-order valence-electron chi connectivity index (χ4n) is 4.14.